The number of nitro groups is 1. The molecule has 0 aliphatic rings. The number of anilines is 1. The highest BCUT2D eigenvalue weighted by Gasteiger charge is 2.34. The predicted molar refractivity (Wildman–Crippen MR) is 165 cm³/mol. The van der Waals surface area contributed by atoms with Crippen molar-refractivity contribution in [1.29, 1.82) is 0 Å². The molecule has 13 heteroatoms. The van der Waals surface area contributed by atoms with Gasteiger partial charge in [-0.2, -0.15) is 0 Å². The molecule has 0 unspecified atom stereocenters. The summed E-state index contributed by atoms with van der Waals surface area (Å²) in [6, 6.07) is 16.0. The summed E-state index contributed by atoms with van der Waals surface area (Å²) in [7, 11) is -3.26. The molecule has 0 aliphatic carbocycles. The highest BCUT2D eigenvalue weighted by Crippen LogP contribution is 2.36. The fourth-order valence-corrected chi connectivity index (χ4v) is 6.02. The zero-order chi connectivity index (χ0) is 31.9. The van der Waals surface area contributed by atoms with Crippen molar-refractivity contribution in [2.75, 3.05) is 24.5 Å². The smallest absolute Gasteiger partial charge is 0.273 e. The molecule has 0 saturated carbocycles. The molecule has 0 saturated heterocycles. The summed E-state index contributed by atoms with van der Waals surface area (Å²) in [6.45, 7) is 6.02. The van der Waals surface area contributed by atoms with Crippen molar-refractivity contribution in [3.63, 3.8) is 0 Å². The van der Waals surface area contributed by atoms with E-state index in [1.165, 1.54) is 49.3 Å². The van der Waals surface area contributed by atoms with Crippen LogP contribution in [0.1, 0.15) is 31.9 Å². The molecule has 11 nitrogen and oxygen atoms in total. The predicted octanol–water partition coefficient (Wildman–Crippen LogP) is 4.74. The first-order valence-electron chi connectivity index (χ1n) is 13.5. The Morgan fingerprint density at radius 3 is 2.33 bits per heavy atom. The molecule has 0 heterocycles. The van der Waals surface area contributed by atoms with E-state index in [0.29, 0.717) is 6.42 Å². The minimum absolute atomic E-state index is 0.0473. The van der Waals surface area contributed by atoms with Crippen LogP contribution in [0.4, 0.5) is 11.4 Å². The van der Waals surface area contributed by atoms with Crippen molar-refractivity contribution in [2.24, 2.45) is 0 Å². The van der Waals surface area contributed by atoms with Crippen LogP contribution < -0.4 is 14.4 Å². The van der Waals surface area contributed by atoms with E-state index in [1.807, 2.05) is 30.3 Å². The molecule has 230 valence electrons. The van der Waals surface area contributed by atoms with Crippen molar-refractivity contribution in [2.45, 2.75) is 51.1 Å². The molecule has 0 bridgehead atoms. The van der Waals surface area contributed by atoms with Crippen LogP contribution in [0.25, 0.3) is 0 Å². The van der Waals surface area contributed by atoms with Crippen molar-refractivity contribution in [1.82, 2.24) is 10.2 Å². The molecule has 43 heavy (non-hydrogen) atoms. The van der Waals surface area contributed by atoms with E-state index in [0.717, 1.165) is 15.9 Å². The lowest BCUT2D eigenvalue weighted by Crippen LogP contribution is -2.53. The van der Waals surface area contributed by atoms with Crippen molar-refractivity contribution >= 4 is 44.8 Å². The second-order valence-electron chi connectivity index (χ2n) is 10.2. The van der Waals surface area contributed by atoms with E-state index in [9.17, 15) is 28.1 Å². The monoisotopic (exact) mass is 630 g/mol. The van der Waals surface area contributed by atoms with Gasteiger partial charge in [-0.1, -0.05) is 48.0 Å². The van der Waals surface area contributed by atoms with Crippen LogP contribution in [0.15, 0.2) is 71.6 Å². The van der Waals surface area contributed by atoms with E-state index in [2.05, 4.69) is 5.32 Å². The van der Waals surface area contributed by atoms with Gasteiger partial charge < -0.3 is 15.0 Å². The maximum Gasteiger partial charge on any atom is 0.273 e. The number of nitrogens with one attached hydrogen (secondary N) is 1. The highest BCUT2D eigenvalue weighted by atomic mass is 35.5. The number of carbonyl (C=O) groups is 2. The third-order valence-corrected chi connectivity index (χ3v) is 8.73. The van der Waals surface area contributed by atoms with Crippen molar-refractivity contribution < 1.29 is 27.7 Å². The lowest BCUT2D eigenvalue weighted by Gasteiger charge is -2.32. The summed E-state index contributed by atoms with van der Waals surface area (Å²) >= 11 is 6.24. The van der Waals surface area contributed by atoms with Crippen LogP contribution in [0.5, 0.6) is 5.75 Å². The van der Waals surface area contributed by atoms with Crippen LogP contribution in [0.3, 0.4) is 0 Å². The first kappa shape index (κ1) is 33.3. The zero-order valence-electron chi connectivity index (χ0n) is 24.6. The topological polar surface area (TPSA) is 139 Å². The lowest BCUT2D eigenvalue weighted by molar-refractivity contribution is -0.385. The average Bonchev–Trinajstić information content (AvgIpc) is 2.95. The molecule has 2 amide bonds. The van der Waals surface area contributed by atoms with E-state index in [4.69, 9.17) is 16.3 Å². The maximum absolute atomic E-state index is 14.1. The summed E-state index contributed by atoms with van der Waals surface area (Å²) in [5.41, 5.74) is 0.747. The second kappa shape index (κ2) is 14.3. The normalized spacial score (nSPS) is 12.0. The highest BCUT2D eigenvalue weighted by molar-refractivity contribution is 7.92. The van der Waals surface area contributed by atoms with Crippen LogP contribution >= 0.6 is 11.6 Å². The Morgan fingerprint density at radius 2 is 1.72 bits per heavy atom. The zero-order valence-corrected chi connectivity index (χ0v) is 26.2. The Morgan fingerprint density at radius 1 is 1.05 bits per heavy atom. The maximum atomic E-state index is 14.1. The number of nitrogens with zero attached hydrogens (tertiary/aromatic N) is 3. The van der Waals surface area contributed by atoms with Crippen molar-refractivity contribution in [3.05, 3.63) is 93.0 Å². The number of benzene rings is 3. The molecule has 1 N–H and O–H groups in total. The second-order valence-corrected chi connectivity index (χ2v) is 12.5. The molecular weight excluding hydrogens is 596 g/mol. The summed E-state index contributed by atoms with van der Waals surface area (Å²) in [5, 5.41) is 14.6. The third kappa shape index (κ3) is 8.23. The Labute approximate surface area is 256 Å². The summed E-state index contributed by atoms with van der Waals surface area (Å²) in [4.78, 5) is 38.9. The largest absolute Gasteiger partial charge is 0.495 e. The number of halogens is 1. The van der Waals surface area contributed by atoms with E-state index >= 15 is 0 Å². The Balaban J connectivity index is 2.11. The third-order valence-electron chi connectivity index (χ3n) is 6.74. The van der Waals surface area contributed by atoms with Crippen LogP contribution in [-0.2, 0) is 26.0 Å². The molecule has 0 aromatic heterocycles. The molecule has 3 rings (SSSR count). The lowest BCUT2D eigenvalue weighted by atomic mass is 10.1. The Bertz CT molecular complexity index is 1580. The van der Waals surface area contributed by atoms with Crippen molar-refractivity contribution in [3.8, 4) is 5.75 Å². The fraction of sp³-hybridized carbons (Fsp3) is 0.333. The number of methoxy groups -OCH3 is 1. The summed E-state index contributed by atoms with van der Waals surface area (Å²) < 4.78 is 34.5. The quantitative estimate of drug-likeness (QED) is 0.212. The van der Waals surface area contributed by atoms with Gasteiger partial charge in [0.2, 0.25) is 11.8 Å². The molecule has 0 radical (unpaired) electrons. The van der Waals surface area contributed by atoms with Crippen LogP contribution in [0.2, 0.25) is 5.02 Å². The molecule has 0 fully saturated rings. The fourth-order valence-electron chi connectivity index (χ4n) is 4.42. The molecule has 0 spiro atoms. The molecule has 1 atom stereocenters. The number of hydrogen-bond donors (Lipinski definition) is 1. The van der Waals surface area contributed by atoms with Gasteiger partial charge in [0.25, 0.3) is 15.7 Å². The van der Waals surface area contributed by atoms with Gasteiger partial charge in [-0.05, 0) is 63.9 Å². The number of amides is 2. The molecular formula is C30H35ClN4O7S. The van der Waals surface area contributed by atoms with Gasteiger partial charge in [0.15, 0.2) is 0 Å². The molecule has 3 aromatic carbocycles. The molecule has 3 aromatic rings. The summed E-state index contributed by atoms with van der Waals surface area (Å²) in [5.74, 6) is -0.973. The number of rotatable bonds is 13. The number of ether oxygens (including phenoxy) is 1. The van der Waals surface area contributed by atoms with Gasteiger partial charge in [-0.25, -0.2) is 8.42 Å². The summed E-state index contributed by atoms with van der Waals surface area (Å²) in [6.07, 6.45) is 0.406. The SMILES string of the molecule is COc1ccc(Cl)cc1N(CC(=O)N(CCc1ccccc1)[C@@H](C)C(=O)NC(C)C)S(=O)(=O)c1ccc(C)c([N+](=O)[O-])c1. The molecule has 0 aliphatic heterocycles. The number of hydrogen-bond acceptors (Lipinski definition) is 7. The van der Waals surface area contributed by atoms with E-state index in [1.54, 1.807) is 20.8 Å². The van der Waals surface area contributed by atoms with Gasteiger partial charge in [-0.15, -0.1) is 0 Å². The minimum Gasteiger partial charge on any atom is -0.495 e. The van der Waals surface area contributed by atoms with Gasteiger partial charge in [-0.3, -0.25) is 24.0 Å². The van der Waals surface area contributed by atoms with Gasteiger partial charge in [0.05, 0.1) is 22.6 Å². The average molecular weight is 631 g/mol. The number of aryl methyl sites for hydroxylation is 1. The van der Waals surface area contributed by atoms with Crippen LogP contribution in [-0.4, -0.2) is 62.3 Å². The number of sulfonamides is 1. The number of carbonyl (C=O) groups excluding carboxylic acids is 2. The van der Waals surface area contributed by atoms with Crippen LogP contribution in [0, 0.1) is 17.0 Å². The first-order chi connectivity index (χ1) is 20.3. The number of nitro benzene ring substituents is 1. The van der Waals surface area contributed by atoms with Gasteiger partial charge in [0, 0.05) is 29.2 Å². The van der Waals surface area contributed by atoms with E-state index in [-0.39, 0.29) is 34.6 Å². The van der Waals surface area contributed by atoms with E-state index < -0.39 is 49.9 Å². The first-order valence-corrected chi connectivity index (χ1v) is 15.3. The van der Waals surface area contributed by atoms with Gasteiger partial charge in [0.1, 0.15) is 18.3 Å². The minimum atomic E-state index is -4.59. The van der Waals surface area contributed by atoms with Gasteiger partial charge >= 0.3 is 0 Å². The standard InChI is InChI=1S/C30H35ClN4O7S/c1-20(2)32-30(37)22(4)33(16-15-23-9-7-6-8-10-23)29(36)19-34(27-17-24(31)12-14-28(27)42-5)43(40,41)25-13-11-21(3)26(18-25)35(38)39/h6-14,17-18,20,22H,15-16,19H2,1-5H3,(H,32,37)/t22-/m0/s1. The Kier molecular flexibility index (Phi) is 11.1. The Hall–Kier alpha value is -4.16.